The van der Waals surface area contributed by atoms with Crippen LogP contribution in [0.5, 0.6) is 0 Å². The van der Waals surface area contributed by atoms with Crippen molar-refractivity contribution in [1.82, 2.24) is 24.9 Å². The summed E-state index contributed by atoms with van der Waals surface area (Å²) in [5, 5.41) is 1.44. The molecule has 0 spiro atoms. The Kier molecular flexibility index (Phi) is 3.84. The zero-order valence-corrected chi connectivity index (χ0v) is 15.2. The lowest BCUT2D eigenvalue weighted by Crippen LogP contribution is -2.06. The summed E-state index contributed by atoms with van der Waals surface area (Å²) in [5.74, 6) is 0. The van der Waals surface area contributed by atoms with Crippen LogP contribution < -0.4 is 5.56 Å². The van der Waals surface area contributed by atoms with Gasteiger partial charge in [-0.3, -0.25) is 14.8 Å². The van der Waals surface area contributed by atoms with Crippen molar-refractivity contribution in [1.29, 1.82) is 0 Å². The molecule has 0 radical (unpaired) electrons. The van der Waals surface area contributed by atoms with Gasteiger partial charge in [0.1, 0.15) is 11.2 Å². The fourth-order valence-electron chi connectivity index (χ4n) is 3.16. The molecule has 7 heteroatoms. The largest absolute Gasteiger partial charge is 0.305 e. The molecule has 0 amide bonds. The molecule has 1 aromatic carbocycles. The van der Waals surface area contributed by atoms with E-state index in [2.05, 4.69) is 19.9 Å². The maximum absolute atomic E-state index is 11.7. The van der Waals surface area contributed by atoms with Crippen LogP contribution in [-0.4, -0.2) is 24.9 Å². The number of hydrogen-bond acceptors (Lipinski definition) is 5. The summed E-state index contributed by atoms with van der Waals surface area (Å²) < 4.78 is 0. The number of benzene rings is 1. The second-order valence-corrected chi connectivity index (χ2v) is 6.66. The smallest absolute Gasteiger partial charge is 0.249 e. The van der Waals surface area contributed by atoms with Crippen LogP contribution in [0.25, 0.3) is 44.6 Å². The quantitative estimate of drug-likeness (QED) is 0.491. The van der Waals surface area contributed by atoms with Crippen molar-refractivity contribution in [3.63, 3.8) is 0 Å². The number of nitrogens with one attached hydrogen (secondary N) is 1. The van der Waals surface area contributed by atoms with Crippen molar-refractivity contribution >= 4 is 33.7 Å². The second-order valence-electron chi connectivity index (χ2n) is 6.25. The number of fused-ring (bicyclic) bond motifs is 2. The Morgan fingerprint density at radius 2 is 1.75 bits per heavy atom. The first-order valence-corrected chi connectivity index (χ1v) is 8.93. The molecule has 0 unspecified atom stereocenters. The average molecular weight is 386 g/mol. The van der Waals surface area contributed by atoms with Gasteiger partial charge in [0.15, 0.2) is 5.65 Å². The molecule has 0 aliphatic heterocycles. The van der Waals surface area contributed by atoms with Crippen molar-refractivity contribution in [2.75, 3.05) is 0 Å². The molecule has 5 rings (SSSR count). The third-order valence-electron chi connectivity index (χ3n) is 4.42. The van der Waals surface area contributed by atoms with Gasteiger partial charge in [0.25, 0.3) is 0 Å². The lowest BCUT2D eigenvalue weighted by atomic mass is 10.0. The fraction of sp³-hybridized carbons (Fsp3) is 0. The molecule has 28 heavy (non-hydrogen) atoms. The van der Waals surface area contributed by atoms with Gasteiger partial charge in [-0.25, -0.2) is 9.97 Å². The number of H-pyrrole nitrogens is 1. The van der Waals surface area contributed by atoms with E-state index in [0.717, 1.165) is 22.0 Å². The minimum absolute atomic E-state index is 0.230. The number of pyridine rings is 3. The van der Waals surface area contributed by atoms with Crippen LogP contribution in [0.4, 0.5) is 0 Å². The normalized spacial score (nSPS) is 11.2. The van der Waals surface area contributed by atoms with Crippen molar-refractivity contribution in [3.8, 4) is 22.5 Å². The van der Waals surface area contributed by atoms with E-state index in [4.69, 9.17) is 16.6 Å². The van der Waals surface area contributed by atoms with E-state index in [1.165, 1.54) is 6.07 Å². The van der Waals surface area contributed by atoms with Crippen molar-refractivity contribution in [2.45, 2.75) is 0 Å². The van der Waals surface area contributed by atoms with Crippen LogP contribution in [0, 0.1) is 0 Å². The van der Waals surface area contributed by atoms with E-state index < -0.39 is 0 Å². The van der Waals surface area contributed by atoms with E-state index in [1.807, 2.05) is 36.4 Å². The molecule has 4 heterocycles. The van der Waals surface area contributed by atoms with Crippen LogP contribution in [0.2, 0.25) is 5.02 Å². The average Bonchev–Trinajstić information content (AvgIpc) is 2.73. The maximum atomic E-state index is 11.7. The van der Waals surface area contributed by atoms with Gasteiger partial charge >= 0.3 is 0 Å². The van der Waals surface area contributed by atoms with Gasteiger partial charge in [-0.15, -0.1) is 0 Å². The summed E-state index contributed by atoms with van der Waals surface area (Å²) in [5.41, 5.74) is 4.37. The number of hydrogen-bond donors (Lipinski definition) is 1. The van der Waals surface area contributed by atoms with E-state index >= 15 is 0 Å². The monoisotopic (exact) mass is 385 g/mol. The lowest BCUT2D eigenvalue weighted by Gasteiger charge is -2.11. The van der Waals surface area contributed by atoms with Gasteiger partial charge < -0.3 is 4.98 Å². The second kappa shape index (κ2) is 6.51. The molecule has 4 aromatic heterocycles. The summed E-state index contributed by atoms with van der Waals surface area (Å²) >= 11 is 6.48. The molecule has 6 nitrogen and oxygen atoms in total. The first kappa shape index (κ1) is 16.5. The van der Waals surface area contributed by atoms with Crippen LogP contribution in [-0.2, 0) is 0 Å². The zero-order valence-electron chi connectivity index (χ0n) is 14.4. The minimum Gasteiger partial charge on any atom is -0.305 e. The van der Waals surface area contributed by atoms with E-state index in [0.29, 0.717) is 27.6 Å². The summed E-state index contributed by atoms with van der Waals surface area (Å²) in [6.07, 6.45) is 5.11. The standard InChI is InChI=1S/C21H12ClN5O/c22-15-10-14(9-12-3-2-8-24-18(12)15)20-19(13-4-1-7-23-11-13)27-21-16(25-20)5-6-17(28)26-21/h1-11H,(H,26,27,28). The van der Waals surface area contributed by atoms with Gasteiger partial charge in [-0.2, -0.15) is 0 Å². The Bertz CT molecular complexity index is 1400. The third kappa shape index (κ3) is 2.80. The molecular weight excluding hydrogens is 374 g/mol. The molecule has 5 aromatic rings. The number of rotatable bonds is 2. The molecule has 0 saturated carbocycles. The van der Waals surface area contributed by atoms with E-state index in [9.17, 15) is 4.79 Å². The van der Waals surface area contributed by atoms with Gasteiger partial charge in [0.2, 0.25) is 5.56 Å². The predicted molar refractivity (Wildman–Crippen MR) is 109 cm³/mol. The molecule has 0 aliphatic rings. The Morgan fingerprint density at radius 1 is 0.893 bits per heavy atom. The molecule has 0 saturated heterocycles. The highest BCUT2D eigenvalue weighted by molar-refractivity contribution is 6.35. The van der Waals surface area contributed by atoms with Crippen LogP contribution >= 0.6 is 11.6 Å². The van der Waals surface area contributed by atoms with Crippen molar-refractivity contribution in [3.05, 3.63) is 82.5 Å². The molecule has 0 fully saturated rings. The van der Waals surface area contributed by atoms with Crippen molar-refractivity contribution < 1.29 is 0 Å². The lowest BCUT2D eigenvalue weighted by molar-refractivity contribution is 1.19. The highest BCUT2D eigenvalue weighted by Gasteiger charge is 2.15. The Labute approximate surface area is 163 Å². The SMILES string of the molecule is O=c1ccc2nc(-c3cc(Cl)c4ncccc4c3)c(-c3cccnc3)nc2[nH]1. The van der Waals surface area contributed by atoms with Crippen LogP contribution in [0.1, 0.15) is 0 Å². The Hall–Kier alpha value is -3.64. The maximum Gasteiger partial charge on any atom is 0.249 e. The molecule has 0 atom stereocenters. The number of aromatic amines is 1. The third-order valence-corrected chi connectivity index (χ3v) is 4.71. The van der Waals surface area contributed by atoms with Crippen LogP contribution in [0.3, 0.4) is 0 Å². The number of nitrogens with zero attached hydrogens (tertiary/aromatic N) is 4. The summed E-state index contributed by atoms with van der Waals surface area (Å²) in [4.78, 5) is 32.4. The Morgan fingerprint density at radius 3 is 2.61 bits per heavy atom. The predicted octanol–water partition coefficient (Wildman–Crippen LogP) is 4.25. The van der Waals surface area contributed by atoms with Crippen molar-refractivity contribution in [2.24, 2.45) is 0 Å². The van der Waals surface area contributed by atoms with Gasteiger partial charge in [-0.1, -0.05) is 17.7 Å². The topological polar surface area (TPSA) is 84.4 Å². The molecule has 134 valence electrons. The number of aromatic nitrogens is 5. The highest BCUT2D eigenvalue weighted by Crippen LogP contribution is 2.34. The van der Waals surface area contributed by atoms with E-state index in [-0.39, 0.29) is 5.56 Å². The fourth-order valence-corrected chi connectivity index (χ4v) is 3.43. The van der Waals surface area contributed by atoms with E-state index in [1.54, 1.807) is 24.7 Å². The first-order valence-electron chi connectivity index (χ1n) is 8.55. The molecule has 0 aliphatic carbocycles. The Balaban J connectivity index is 1.85. The van der Waals surface area contributed by atoms with Gasteiger partial charge in [0, 0.05) is 41.2 Å². The molecule has 0 bridgehead atoms. The zero-order chi connectivity index (χ0) is 19.1. The minimum atomic E-state index is -0.230. The molecular formula is C21H12ClN5O. The van der Waals surface area contributed by atoms with Crippen LogP contribution in [0.15, 0.2) is 71.9 Å². The summed E-state index contributed by atoms with van der Waals surface area (Å²) in [6.45, 7) is 0. The highest BCUT2D eigenvalue weighted by atomic mass is 35.5. The number of halogens is 1. The van der Waals surface area contributed by atoms with Gasteiger partial charge in [0.05, 0.1) is 16.2 Å². The summed E-state index contributed by atoms with van der Waals surface area (Å²) in [7, 11) is 0. The van der Waals surface area contributed by atoms with Gasteiger partial charge in [-0.05, 0) is 36.4 Å². The molecule has 1 N–H and O–H groups in total. The first-order chi connectivity index (χ1) is 13.7. The summed E-state index contributed by atoms with van der Waals surface area (Å²) in [6, 6.07) is 14.4.